The number of fused-ring (bicyclic) bond motifs is 2. The largest absolute Gasteiger partial charge is 0.480 e. The fourth-order valence-corrected chi connectivity index (χ4v) is 4.59. The molecule has 3 heterocycles. The number of hydrogen-bond acceptors (Lipinski definition) is 5. The van der Waals surface area contributed by atoms with Crippen molar-refractivity contribution in [3.8, 4) is 5.75 Å². The molecule has 0 bridgehead atoms. The van der Waals surface area contributed by atoms with Gasteiger partial charge in [-0.1, -0.05) is 37.3 Å². The first-order valence-electron chi connectivity index (χ1n) is 12.0. The predicted octanol–water partition coefficient (Wildman–Crippen LogP) is 3.81. The minimum Gasteiger partial charge on any atom is -0.480 e. The Morgan fingerprint density at radius 3 is 2.89 bits per heavy atom. The number of rotatable bonds is 10. The maximum atomic E-state index is 13.6. The van der Waals surface area contributed by atoms with E-state index in [0.29, 0.717) is 24.3 Å². The van der Waals surface area contributed by atoms with E-state index in [1.54, 1.807) is 18.5 Å². The summed E-state index contributed by atoms with van der Waals surface area (Å²) in [5.41, 5.74) is 4.16. The topological polar surface area (TPSA) is 129 Å². The lowest BCUT2D eigenvalue weighted by atomic mass is 9.91. The second-order valence-corrected chi connectivity index (χ2v) is 9.04. The van der Waals surface area contributed by atoms with Crippen molar-refractivity contribution < 1.29 is 24.5 Å². The van der Waals surface area contributed by atoms with Gasteiger partial charge in [-0.05, 0) is 29.7 Å². The van der Waals surface area contributed by atoms with Crippen molar-refractivity contribution in [1.29, 1.82) is 0 Å². The minimum absolute atomic E-state index is 0.156. The number of benzene rings is 2. The van der Waals surface area contributed by atoms with Gasteiger partial charge in [-0.15, -0.1) is 0 Å². The Bertz CT molecular complexity index is 1390. The van der Waals surface area contributed by atoms with Gasteiger partial charge in [0.25, 0.3) is 0 Å². The van der Waals surface area contributed by atoms with Crippen molar-refractivity contribution in [2.75, 3.05) is 0 Å². The lowest BCUT2D eigenvalue weighted by Gasteiger charge is -2.21. The molecule has 0 saturated heterocycles. The number of aliphatic carboxylic acids is 1. The molecule has 0 fully saturated rings. The van der Waals surface area contributed by atoms with Gasteiger partial charge in [0, 0.05) is 53.8 Å². The molecule has 9 nitrogen and oxygen atoms in total. The van der Waals surface area contributed by atoms with Gasteiger partial charge < -0.3 is 25.3 Å². The summed E-state index contributed by atoms with van der Waals surface area (Å²) in [6.45, 7) is 2.42. The van der Waals surface area contributed by atoms with Crippen molar-refractivity contribution >= 4 is 22.8 Å². The molecule has 1 aliphatic heterocycles. The molecule has 0 radical (unpaired) electrons. The quantitative estimate of drug-likeness (QED) is 0.251. The molecule has 2 aromatic carbocycles. The maximum Gasteiger partial charge on any atom is 0.326 e. The molecule has 186 valence electrons. The van der Waals surface area contributed by atoms with Gasteiger partial charge in [0.2, 0.25) is 5.91 Å². The minimum atomic E-state index is -1.09. The summed E-state index contributed by atoms with van der Waals surface area (Å²) in [4.78, 5) is 46.9. The molecular formula is C27H28N4O5. The molecule has 1 aliphatic rings. The number of para-hydroxylation sites is 1. The van der Waals surface area contributed by atoms with Gasteiger partial charge >= 0.3 is 5.97 Å². The Balaban J connectivity index is 1.40. The van der Waals surface area contributed by atoms with E-state index in [2.05, 4.69) is 27.2 Å². The molecule has 0 unspecified atom stereocenters. The van der Waals surface area contributed by atoms with E-state index in [1.165, 1.54) is 0 Å². The molecule has 4 aromatic rings. The molecule has 0 aliphatic carbocycles. The molecular weight excluding hydrogens is 460 g/mol. The van der Waals surface area contributed by atoms with Crippen LogP contribution in [-0.4, -0.2) is 38.0 Å². The zero-order chi connectivity index (χ0) is 25.1. The first-order chi connectivity index (χ1) is 17.5. The maximum absolute atomic E-state index is 13.6. The highest BCUT2D eigenvalue weighted by Crippen LogP contribution is 2.31. The molecule has 2 atom stereocenters. The first kappa shape index (κ1) is 23.6. The zero-order valence-corrected chi connectivity index (χ0v) is 19.9. The predicted molar refractivity (Wildman–Crippen MR) is 132 cm³/mol. The third-order valence-corrected chi connectivity index (χ3v) is 6.48. The van der Waals surface area contributed by atoms with E-state index in [1.807, 2.05) is 36.4 Å². The van der Waals surface area contributed by atoms with Gasteiger partial charge in [0.05, 0.1) is 5.92 Å². The van der Waals surface area contributed by atoms with Gasteiger partial charge in [0.15, 0.2) is 5.75 Å². The number of carboxylic acid groups (broad SMARTS) is 1. The zero-order valence-electron chi connectivity index (χ0n) is 19.9. The number of aryl methyl sites for hydroxylation is 1. The average Bonchev–Trinajstić information content (AvgIpc) is 3.62. The molecule has 1 amide bonds. The summed E-state index contributed by atoms with van der Waals surface area (Å²) in [6.07, 6.45) is 5.78. The van der Waals surface area contributed by atoms with Crippen LogP contribution in [0.25, 0.3) is 10.9 Å². The van der Waals surface area contributed by atoms with Crippen LogP contribution in [0.15, 0.2) is 54.9 Å². The van der Waals surface area contributed by atoms with Crippen LogP contribution < -0.4 is 10.2 Å². The number of aromatic nitrogens is 3. The third kappa shape index (κ3) is 4.96. The number of carboxylic acids is 1. The number of carbonyl (C=O) groups is 2. The molecule has 2 aromatic heterocycles. The molecule has 4 N–H and O–H groups in total. The Labute approximate surface area is 207 Å². The van der Waals surface area contributed by atoms with Crippen LogP contribution in [0, 0.1) is 0 Å². The Hall–Kier alpha value is -4.11. The fraction of sp³-hybridized carbons (Fsp3) is 0.296. The van der Waals surface area contributed by atoms with E-state index >= 15 is 0 Å². The van der Waals surface area contributed by atoms with E-state index in [-0.39, 0.29) is 12.3 Å². The van der Waals surface area contributed by atoms with Crippen LogP contribution in [0.2, 0.25) is 0 Å². The van der Waals surface area contributed by atoms with Crippen molar-refractivity contribution in [1.82, 2.24) is 20.3 Å². The van der Waals surface area contributed by atoms with E-state index < -0.39 is 17.9 Å². The lowest BCUT2D eigenvalue weighted by Crippen LogP contribution is -2.44. The number of nitrogens with one attached hydrogen (secondary N) is 3. The summed E-state index contributed by atoms with van der Waals surface area (Å²) < 4.78 is 0. The number of hydrogen-bond donors (Lipinski definition) is 4. The van der Waals surface area contributed by atoms with Crippen LogP contribution in [0.1, 0.15) is 47.5 Å². The van der Waals surface area contributed by atoms with Crippen molar-refractivity contribution in [3.63, 3.8) is 0 Å². The lowest BCUT2D eigenvalue weighted by molar-refractivity contribution is -0.194. The summed E-state index contributed by atoms with van der Waals surface area (Å²) in [5, 5.41) is 13.7. The average molecular weight is 489 g/mol. The van der Waals surface area contributed by atoms with Crippen LogP contribution in [0.3, 0.4) is 0 Å². The number of carbonyl (C=O) groups excluding carboxylic acids is 1. The van der Waals surface area contributed by atoms with Crippen molar-refractivity contribution in [2.45, 2.75) is 51.2 Å². The van der Waals surface area contributed by atoms with Gasteiger partial charge in [0.1, 0.15) is 18.5 Å². The van der Waals surface area contributed by atoms with Crippen LogP contribution in [0.5, 0.6) is 5.75 Å². The number of nitrogens with zero attached hydrogens (tertiary/aromatic N) is 1. The van der Waals surface area contributed by atoms with E-state index in [4.69, 9.17) is 9.78 Å². The molecule has 0 spiro atoms. The van der Waals surface area contributed by atoms with Crippen LogP contribution in [0.4, 0.5) is 0 Å². The number of amides is 1. The molecule has 9 heteroatoms. The molecule has 36 heavy (non-hydrogen) atoms. The summed E-state index contributed by atoms with van der Waals surface area (Å²) >= 11 is 0. The second kappa shape index (κ2) is 10.2. The summed E-state index contributed by atoms with van der Waals surface area (Å²) in [7, 11) is 0. The monoisotopic (exact) mass is 488 g/mol. The number of imidazole rings is 1. The molecule has 5 rings (SSSR count). The van der Waals surface area contributed by atoms with E-state index in [9.17, 15) is 14.7 Å². The Morgan fingerprint density at radius 2 is 2.06 bits per heavy atom. The smallest absolute Gasteiger partial charge is 0.326 e. The highest BCUT2D eigenvalue weighted by molar-refractivity contribution is 5.89. The summed E-state index contributed by atoms with van der Waals surface area (Å²) in [6, 6.07) is 12.1. The standard InChI is InChI=1S/C27H28N4O5/c1-2-5-25-29-14-19(30-25)12-21(16-8-9-17-15-35-36-24(17)11-16)26(32)31-23(27(33)34)10-18-13-28-22-7-4-3-6-20(18)22/h3-4,6-9,11,13-14,21,23,28H,2,5,10,12,15H2,1H3,(H,29,30)(H,31,32)(H,33,34)/t21-,23-/m0/s1. The summed E-state index contributed by atoms with van der Waals surface area (Å²) in [5.74, 6) is -0.702. The normalized spacial score (nSPS) is 14.2. The van der Waals surface area contributed by atoms with E-state index in [0.717, 1.165) is 46.4 Å². The highest BCUT2D eigenvalue weighted by atomic mass is 17.2. The number of H-pyrrole nitrogens is 2. The van der Waals surface area contributed by atoms with Crippen molar-refractivity contribution in [3.05, 3.63) is 83.1 Å². The van der Waals surface area contributed by atoms with Gasteiger partial charge in [-0.2, -0.15) is 4.89 Å². The highest BCUT2D eigenvalue weighted by Gasteiger charge is 2.29. The van der Waals surface area contributed by atoms with Gasteiger partial charge in [-0.3, -0.25) is 4.79 Å². The van der Waals surface area contributed by atoms with Crippen LogP contribution >= 0.6 is 0 Å². The van der Waals surface area contributed by atoms with Crippen LogP contribution in [-0.2, 0) is 40.3 Å². The van der Waals surface area contributed by atoms with Crippen molar-refractivity contribution in [2.24, 2.45) is 0 Å². The second-order valence-electron chi connectivity index (χ2n) is 9.04. The fourth-order valence-electron chi connectivity index (χ4n) is 4.59. The SMILES string of the molecule is CCCc1ncc(C[C@H](C(=O)N[C@@H](Cc2c[nH]c3ccccc23)C(=O)O)c2ccc3c(c2)OOC3)[nH]1. The third-order valence-electron chi connectivity index (χ3n) is 6.48. The Kier molecular flexibility index (Phi) is 6.73. The Morgan fingerprint density at radius 1 is 1.19 bits per heavy atom. The molecule has 0 saturated carbocycles. The number of aromatic amines is 2. The first-order valence-corrected chi connectivity index (χ1v) is 12.0. The van der Waals surface area contributed by atoms with Gasteiger partial charge in [-0.25, -0.2) is 9.78 Å².